The molecule has 142 valence electrons. The predicted molar refractivity (Wildman–Crippen MR) is 98.5 cm³/mol. The van der Waals surface area contributed by atoms with Crippen LogP contribution < -0.4 is 10.4 Å². The summed E-state index contributed by atoms with van der Waals surface area (Å²) in [5.74, 6) is -0.984. The van der Waals surface area contributed by atoms with Gasteiger partial charge in [-0.2, -0.15) is 0 Å². The fourth-order valence-corrected chi connectivity index (χ4v) is 4.71. The van der Waals surface area contributed by atoms with Gasteiger partial charge in [-0.1, -0.05) is 19.3 Å². The van der Waals surface area contributed by atoms with Gasteiger partial charge in [0.25, 0.3) is 0 Å². The van der Waals surface area contributed by atoms with Crippen molar-refractivity contribution in [3.8, 4) is 11.5 Å². The molecule has 1 aromatic heterocycles. The zero-order valence-corrected chi connectivity index (χ0v) is 15.5. The van der Waals surface area contributed by atoms with Crippen LogP contribution in [0.5, 0.6) is 11.5 Å². The summed E-state index contributed by atoms with van der Waals surface area (Å²) in [6.45, 7) is 3.02. The third-order valence-corrected chi connectivity index (χ3v) is 5.89. The first-order valence-electron chi connectivity index (χ1n) is 9.43. The van der Waals surface area contributed by atoms with E-state index >= 15 is 0 Å². The molecule has 1 atom stereocenters. The SMILES string of the molecule is CC(=O)c1c2c(c3oc(=O)cc(C)c3c1O)[C@@H](C1CCCCC1)CC(=O)O2. The van der Waals surface area contributed by atoms with E-state index in [1.54, 1.807) is 6.92 Å². The summed E-state index contributed by atoms with van der Waals surface area (Å²) >= 11 is 0. The highest BCUT2D eigenvalue weighted by Gasteiger charge is 2.40. The second kappa shape index (κ2) is 6.51. The van der Waals surface area contributed by atoms with Gasteiger partial charge in [0.15, 0.2) is 11.5 Å². The lowest BCUT2D eigenvalue weighted by Gasteiger charge is -2.34. The molecule has 2 heterocycles. The maximum Gasteiger partial charge on any atom is 0.336 e. The van der Waals surface area contributed by atoms with Gasteiger partial charge in [0.2, 0.25) is 0 Å². The smallest absolute Gasteiger partial charge is 0.336 e. The van der Waals surface area contributed by atoms with Crippen molar-refractivity contribution in [1.82, 2.24) is 0 Å². The number of ketones is 1. The van der Waals surface area contributed by atoms with Gasteiger partial charge in [-0.3, -0.25) is 9.59 Å². The maximum absolute atomic E-state index is 12.3. The topological polar surface area (TPSA) is 93.8 Å². The summed E-state index contributed by atoms with van der Waals surface area (Å²) in [5.41, 5.74) is 0.809. The Kier molecular flexibility index (Phi) is 4.29. The van der Waals surface area contributed by atoms with Gasteiger partial charge in [0.1, 0.15) is 16.9 Å². The van der Waals surface area contributed by atoms with Crippen molar-refractivity contribution in [1.29, 1.82) is 0 Å². The molecule has 0 unspecified atom stereocenters. The molecule has 0 saturated heterocycles. The molecule has 2 aromatic rings. The number of benzene rings is 1. The minimum atomic E-state index is -0.531. The Labute approximate surface area is 156 Å². The largest absolute Gasteiger partial charge is 0.506 e. The highest BCUT2D eigenvalue weighted by Crippen LogP contribution is 2.51. The number of Topliss-reactive ketones (excluding diaryl/α,β-unsaturated/α-hetero) is 1. The fourth-order valence-electron chi connectivity index (χ4n) is 4.71. The lowest BCUT2D eigenvalue weighted by molar-refractivity contribution is -0.136. The van der Waals surface area contributed by atoms with Crippen LogP contribution in [0.1, 0.15) is 72.9 Å². The zero-order chi connectivity index (χ0) is 19.3. The first-order valence-corrected chi connectivity index (χ1v) is 9.43. The highest BCUT2D eigenvalue weighted by atomic mass is 16.5. The molecule has 0 spiro atoms. The average molecular weight is 370 g/mol. The second-order valence-electron chi connectivity index (χ2n) is 7.66. The van der Waals surface area contributed by atoms with Crippen LogP contribution in [0, 0.1) is 12.8 Å². The molecular weight excluding hydrogens is 348 g/mol. The first kappa shape index (κ1) is 17.8. The van der Waals surface area contributed by atoms with E-state index in [4.69, 9.17) is 9.15 Å². The quantitative estimate of drug-likeness (QED) is 0.372. The maximum atomic E-state index is 12.3. The molecule has 1 saturated carbocycles. The van der Waals surface area contributed by atoms with Crippen molar-refractivity contribution in [2.75, 3.05) is 0 Å². The second-order valence-corrected chi connectivity index (χ2v) is 7.66. The molecule has 1 aliphatic carbocycles. The number of hydrogen-bond acceptors (Lipinski definition) is 6. The highest BCUT2D eigenvalue weighted by molar-refractivity contribution is 6.08. The van der Waals surface area contributed by atoms with Gasteiger partial charge in [-0.05, 0) is 38.2 Å². The van der Waals surface area contributed by atoms with Crippen molar-refractivity contribution in [3.05, 3.63) is 33.2 Å². The van der Waals surface area contributed by atoms with Gasteiger partial charge >= 0.3 is 11.6 Å². The molecule has 4 rings (SSSR count). The van der Waals surface area contributed by atoms with Gasteiger partial charge < -0.3 is 14.3 Å². The van der Waals surface area contributed by atoms with Crippen LogP contribution in [0.2, 0.25) is 0 Å². The van der Waals surface area contributed by atoms with Crippen LogP contribution >= 0.6 is 0 Å². The van der Waals surface area contributed by atoms with Gasteiger partial charge in [-0.25, -0.2) is 4.79 Å². The lowest BCUT2D eigenvalue weighted by Crippen LogP contribution is -2.28. The van der Waals surface area contributed by atoms with Gasteiger partial charge in [0, 0.05) is 17.5 Å². The number of aromatic hydroxyl groups is 1. The summed E-state index contributed by atoms with van der Waals surface area (Å²) in [7, 11) is 0. The molecule has 0 amide bonds. The molecule has 6 heteroatoms. The summed E-state index contributed by atoms with van der Waals surface area (Å²) in [6.07, 6.45) is 5.49. The number of ether oxygens (including phenoxy) is 1. The zero-order valence-electron chi connectivity index (χ0n) is 15.5. The Bertz CT molecular complexity index is 1010. The van der Waals surface area contributed by atoms with E-state index in [9.17, 15) is 19.5 Å². The number of hydrogen-bond donors (Lipinski definition) is 1. The predicted octanol–water partition coefficient (Wildman–Crippen LogP) is 3.98. The molecule has 1 fully saturated rings. The number of phenolic OH excluding ortho intramolecular Hbond substituents is 1. The van der Waals surface area contributed by atoms with E-state index < -0.39 is 17.4 Å². The van der Waals surface area contributed by atoms with Crippen molar-refractivity contribution >= 4 is 22.7 Å². The first-order chi connectivity index (χ1) is 12.9. The Balaban J connectivity index is 2.09. The standard InChI is InChI=1S/C21H22O6/c1-10-8-14(23)26-20-16(10)19(25)17(11(2)22)21-18(20)13(9-15(24)27-21)12-6-4-3-5-7-12/h8,12-13,25H,3-7,9H2,1-2H3/t13-/m1/s1. The molecule has 2 aliphatic rings. The normalized spacial score (nSPS) is 20.4. The molecule has 1 aromatic carbocycles. The number of carbonyl (C=O) groups excluding carboxylic acids is 2. The van der Waals surface area contributed by atoms with Crippen LogP contribution in [0.25, 0.3) is 11.0 Å². The van der Waals surface area contributed by atoms with Crippen LogP contribution in [0.3, 0.4) is 0 Å². The van der Waals surface area contributed by atoms with Crippen LogP contribution in [-0.2, 0) is 4.79 Å². The van der Waals surface area contributed by atoms with Crippen molar-refractivity contribution < 1.29 is 23.8 Å². The Morgan fingerprint density at radius 2 is 1.89 bits per heavy atom. The van der Waals surface area contributed by atoms with Crippen molar-refractivity contribution in [3.63, 3.8) is 0 Å². The Morgan fingerprint density at radius 1 is 1.19 bits per heavy atom. The number of fused-ring (bicyclic) bond motifs is 3. The molecule has 6 nitrogen and oxygen atoms in total. The third-order valence-electron chi connectivity index (χ3n) is 5.89. The van der Waals surface area contributed by atoms with E-state index in [0.717, 1.165) is 25.7 Å². The number of phenols is 1. The van der Waals surface area contributed by atoms with Gasteiger partial charge in [0.05, 0.1) is 11.8 Å². The molecule has 1 N–H and O–H groups in total. The monoisotopic (exact) mass is 370 g/mol. The van der Waals surface area contributed by atoms with E-state index in [1.165, 1.54) is 19.4 Å². The Morgan fingerprint density at radius 3 is 2.56 bits per heavy atom. The average Bonchev–Trinajstić information content (AvgIpc) is 2.60. The fraction of sp³-hybridized carbons (Fsp3) is 0.476. The Hall–Kier alpha value is -2.63. The number of aryl methyl sites for hydroxylation is 1. The molecule has 27 heavy (non-hydrogen) atoms. The third kappa shape index (κ3) is 2.83. The number of esters is 1. The molecule has 1 aliphatic heterocycles. The number of carbonyl (C=O) groups is 2. The molecular formula is C21H22O6. The lowest BCUT2D eigenvalue weighted by atomic mass is 9.73. The van der Waals surface area contributed by atoms with E-state index in [-0.39, 0.29) is 40.9 Å². The van der Waals surface area contributed by atoms with Crippen molar-refractivity contribution in [2.45, 2.75) is 58.3 Å². The van der Waals surface area contributed by atoms with Crippen LogP contribution in [0.4, 0.5) is 0 Å². The van der Waals surface area contributed by atoms with Gasteiger partial charge in [-0.15, -0.1) is 0 Å². The van der Waals surface area contributed by atoms with E-state index in [1.807, 2.05) is 0 Å². The summed E-state index contributed by atoms with van der Waals surface area (Å²) in [6, 6.07) is 1.29. The summed E-state index contributed by atoms with van der Waals surface area (Å²) < 4.78 is 10.9. The van der Waals surface area contributed by atoms with Crippen LogP contribution in [0.15, 0.2) is 15.3 Å². The van der Waals surface area contributed by atoms with E-state index in [2.05, 4.69) is 0 Å². The van der Waals surface area contributed by atoms with Crippen LogP contribution in [-0.4, -0.2) is 16.9 Å². The van der Waals surface area contributed by atoms with Crippen molar-refractivity contribution in [2.24, 2.45) is 5.92 Å². The van der Waals surface area contributed by atoms with E-state index in [0.29, 0.717) is 16.5 Å². The minimum Gasteiger partial charge on any atom is -0.506 e. The molecule has 0 radical (unpaired) electrons. The summed E-state index contributed by atoms with van der Waals surface area (Å²) in [5, 5.41) is 11.1. The number of rotatable bonds is 2. The minimum absolute atomic E-state index is 0.0108. The summed E-state index contributed by atoms with van der Waals surface area (Å²) in [4.78, 5) is 36.7. The molecule has 0 bridgehead atoms.